The first-order valence-electron chi connectivity index (χ1n) is 8.25. The van der Waals surface area contributed by atoms with Crippen LogP contribution in [0.2, 0.25) is 0 Å². The van der Waals surface area contributed by atoms with Gasteiger partial charge in [-0.2, -0.15) is 0 Å². The van der Waals surface area contributed by atoms with Crippen LogP contribution in [0.25, 0.3) is 0 Å². The van der Waals surface area contributed by atoms with Crippen LogP contribution in [0.1, 0.15) is 19.8 Å². The Bertz CT molecular complexity index is 552. The normalized spacial score (nSPS) is 24.8. The Morgan fingerprint density at radius 2 is 1.92 bits per heavy atom. The first-order valence-corrected chi connectivity index (χ1v) is 8.25. The highest BCUT2D eigenvalue weighted by Gasteiger charge is 2.29. The third-order valence-corrected chi connectivity index (χ3v) is 4.67. The van der Waals surface area contributed by atoms with E-state index in [1.165, 1.54) is 12.1 Å². The Kier molecular flexibility index (Phi) is 6.68. The van der Waals surface area contributed by atoms with Crippen LogP contribution in [-0.4, -0.2) is 55.8 Å². The fraction of sp³-hybridized carbons (Fsp3) is 0.588. The fourth-order valence-corrected chi connectivity index (χ4v) is 3.16. The Labute approximate surface area is 160 Å². The van der Waals surface area contributed by atoms with Crippen molar-refractivity contribution in [1.29, 1.82) is 0 Å². The maximum absolute atomic E-state index is 13.0. The summed E-state index contributed by atoms with van der Waals surface area (Å²) < 4.78 is 18.7. The number of nitrogens with two attached hydrogens (primary N) is 1. The van der Waals surface area contributed by atoms with Gasteiger partial charge in [0.25, 0.3) is 0 Å². The number of hydrogen-bond acceptors (Lipinski definition) is 3. The first-order chi connectivity index (χ1) is 11.1. The molecule has 0 saturated carbocycles. The van der Waals surface area contributed by atoms with Gasteiger partial charge in [0.15, 0.2) is 5.96 Å². The van der Waals surface area contributed by atoms with Crippen molar-refractivity contribution in [1.82, 2.24) is 4.90 Å². The van der Waals surface area contributed by atoms with Crippen LogP contribution in [0.3, 0.4) is 0 Å². The summed E-state index contributed by atoms with van der Waals surface area (Å²) in [6.45, 7) is 6.91. The van der Waals surface area contributed by atoms with Crippen molar-refractivity contribution < 1.29 is 9.13 Å². The second-order valence-corrected chi connectivity index (χ2v) is 6.53. The molecule has 3 rings (SSSR count). The maximum Gasteiger partial charge on any atom is 0.191 e. The van der Waals surface area contributed by atoms with E-state index in [1.54, 1.807) is 0 Å². The van der Waals surface area contributed by atoms with E-state index < -0.39 is 0 Å². The zero-order chi connectivity index (χ0) is 16.3. The standard InChI is InChI=1S/C17H25FN4O.HI/c1-17(7-2-12-23-17)13-20-16(19)22-10-8-21(9-11-22)15-5-3-14(18)4-6-15;/h3-6H,2,7-13H2,1H3,(H2,19,20);1H. The van der Waals surface area contributed by atoms with Crippen molar-refractivity contribution in [3.05, 3.63) is 30.1 Å². The summed E-state index contributed by atoms with van der Waals surface area (Å²) in [6.07, 6.45) is 2.14. The molecule has 0 spiro atoms. The highest BCUT2D eigenvalue weighted by Crippen LogP contribution is 2.25. The molecule has 2 fully saturated rings. The fourth-order valence-electron chi connectivity index (χ4n) is 3.16. The molecule has 2 saturated heterocycles. The van der Waals surface area contributed by atoms with Gasteiger partial charge in [0.05, 0.1) is 12.1 Å². The molecule has 2 heterocycles. The van der Waals surface area contributed by atoms with Gasteiger partial charge in [-0.05, 0) is 44.0 Å². The van der Waals surface area contributed by atoms with Crippen LogP contribution >= 0.6 is 24.0 Å². The molecule has 134 valence electrons. The molecule has 1 aromatic carbocycles. The monoisotopic (exact) mass is 448 g/mol. The zero-order valence-electron chi connectivity index (χ0n) is 14.1. The third kappa shape index (κ3) is 4.72. The molecule has 0 aliphatic carbocycles. The number of halogens is 2. The van der Waals surface area contributed by atoms with Crippen LogP contribution in [0.15, 0.2) is 29.3 Å². The third-order valence-electron chi connectivity index (χ3n) is 4.67. The predicted molar refractivity (Wildman–Crippen MR) is 106 cm³/mol. The number of piperazine rings is 1. The number of guanidine groups is 1. The average Bonchev–Trinajstić information content (AvgIpc) is 3.01. The minimum atomic E-state index is -0.202. The molecule has 0 radical (unpaired) electrons. The molecule has 0 amide bonds. The van der Waals surface area contributed by atoms with Crippen LogP contribution in [0, 0.1) is 5.82 Å². The topological polar surface area (TPSA) is 54.1 Å². The van der Waals surface area contributed by atoms with Gasteiger partial charge < -0.3 is 20.3 Å². The van der Waals surface area contributed by atoms with Gasteiger partial charge in [-0.3, -0.25) is 4.99 Å². The van der Waals surface area contributed by atoms with Crippen molar-refractivity contribution in [2.75, 3.05) is 44.2 Å². The van der Waals surface area contributed by atoms with E-state index in [1.807, 2.05) is 12.1 Å². The van der Waals surface area contributed by atoms with Crippen molar-refractivity contribution in [3.8, 4) is 0 Å². The van der Waals surface area contributed by atoms with Crippen LogP contribution in [0.4, 0.5) is 10.1 Å². The summed E-state index contributed by atoms with van der Waals surface area (Å²) in [4.78, 5) is 8.89. The van der Waals surface area contributed by atoms with Crippen molar-refractivity contribution in [3.63, 3.8) is 0 Å². The molecule has 1 unspecified atom stereocenters. The van der Waals surface area contributed by atoms with E-state index in [-0.39, 0.29) is 35.4 Å². The number of benzene rings is 1. The van der Waals surface area contributed by atoms with Gasteiger partial charge in [0, 0.05) is 38.5 Å². The molecule has 2 aliphatic rings. The van der Waals surface area contributed by atoms with E-state index >= 15 is 0 Å². The SMILES string of the molecule is CC1(CN=C(N)N2CCN(c3ccc(F)cc3)CC2)CCCO1.I. The molecule has 2 N–H and O–H groups in total. The zero-order valence-corrected chi connectivity index (χ0v) is 16.4. The van der Waals surface area contributed by atoms with E-state index in [2.05, 4.69) is 21.7 Å². The number of aliphatic imine (C=N–C) groups is 1. The number of nitrogens with zero attached hydrogens (tertiary/aromatic N) is 3. The van der Waals surface area contributed by atoms with E-state index in [4.69, 9.17) is 10.5 Å². The van der Waals surface area contributed by atoms with Gasteiger partial charge in [0.2, 0.25) is 0 Å². The number of ether oxygens (including phenoxy) is 1. The van der Waals surface area contributed by atoms with Crippen molar-refractivity contribution in [2.24, 2.45) is 10.7 Å². The van der Waals surface area contributed by atoms with E-state index in [0.29, 0.717) is 12.5 Å². The summed E-state index contributed by atoms with van der Waals surface area (Å²) in [5, 5.41) is 0. The molecule has 1 aromatic rings. The lowest BCUT2D eigenvalue weighted by Crippen LogP contribution is -2.51. The highest BCUT2D eigenvalue weighted by molar-refractivity contribution is 14.0. The highest BCUT2D eigenvalue weighted by atomic mass is 127. The number of hydrogen-bond donors (Lipinski definition) is 1. The molecule has 0 aromatic heterocycles. The first kappa shape index (κ1) is 19.2. The Hall–Kier alpha value is -1.09. The quantitative estimate of drug-likeness (QED) is 0.439. The lowest BCUT2D eigenvalue weighted by atomic mass is 10.0. The predicted octanol–water partition coefficient (Wildman–Crippen LogP) is 2.45. The minimum Gasteiger partial charge on any atom is -0.373 e. The minimum absolute atomic E-state index is 0. The summed E-state index contributed by atoms with van der Waals surface area (Å²) >= 11 is 0. The molecule has 24 heavy (non-hydrogen) atoms. The number of rotatable bonds is 3. The second kappa shape index (κ2) is 8.33. The molecule has 5 nitrogen and oxygen atoms in total. The molecule has 2 aliphatic heterocycles. The Morgan fingerprint density at radius 3 is 2.50 bits per heavy atom. The van der Waals surface area contributed by atoms with Gasteiger partial charge >= 0.3 is 0 Å². The summed E-state index contributed by atoms with van der Waals surface area (Å²) in [7, 11) is 0. The summed E-state index contributed by atoms with van der Waals surface area (Å²) in [6, 6.07) is 6.64. The number of anilines is 1. The van der Waals surface area contributed by atoms with Crippen LogP contribution in [-0.2, 0) is 4.74 Å². The van der Waals surface area contributed by atoms with Crippen molar-refractivity contribution >= 4 is 35.6 Å². The van der Waals surface area contributed by atoms with E-state index in [9.17, 15) is 4.39 Å². The van der Waals surface area contributed by atoms with Gasteiger partial charge in [-0.1, -0.05) is 0 Å². The molecular weight excluding hydrogens is 422 g/mol. The maximum atomic E-state index is 13.0. The molecule has 0 bridgehead atoms. The van der Waals surface area contributed by atoms with Gasteiger partial charge in [0.1, 0.15) is 5.82 Å². The lowest BCUT2D eigenvalue weighted by Gasteiger charge is -2.36. The largest absolute Gasteiger partial charge is 0.373 e. The van der Waals surface area contributed by atoms with Crippen LogP contribution in [0.5, 0.6) is 0 Å². The lowest BCUT2D eigenvalue weighted by molar-refractivity contribution is 0.0282. The van der Waals surface area contributed by atoms with E-state index in [0.717, 1.165) is 51.3 Å². The van der Waals surface area contributed by atoms with Gasteiger partial charge in [-0.15, -0.1) is 24.0 Å². The molecule has 1 atom stereocenters. The average molecular weight is 448 g/mol. The molecular formula is C17H26FIN4O. The van der Waals surface area contributed by atoms with Crippen LogP contribution < -0.4 is 10.6 Å². The summed E-state index contributed by atoms with van der Waals surface area (Å²) in [5.41, 5.74) is 7.04. The van der Waals surface area contributed by atoms with Crippen molar-refractivity contribution in [2.45, 2.75) is 25.4 Å². The summed E-state index contributed by atoms with van der Waals surface area (Å²) in [5.74, 6) is 0.395. The Balaban J connectivity index is 0.00000208. The Morgan fingerprint density at radius 1 is 1.25 bits per heavy atom. The second-order valence-electron chi connectivity index (χ2n) is 6.53. The molecule has 7 heteroatoms. The van der Waals surface area contributed by atoms with Gasteiger partial charge in [-0.25, -0.2) is 4.39 Å². The smallest absolute Gasteiger partial charge is 0.191 e.